The van der Waals surface area contributed by atoms with Gasteiger partial charge in [-0.3, -0.25) is 0 Å². The average molecular weight is 308 g/mol. The van der Waals surface area contributed by atoms with Gasteiger partial charge in [0.05, 0.1) is 22.0 Å². The van der Waals surface area contributed by atoms with Crippen LogP contribution < -0.4 is 10.6 Å². The molecule has 0 saturated carbocycles. The van der Waals surface area contributed by atoms with E-state index in [2.05, 4.69) is 34.0 Å². The first-order valence-electron chi connectivity index (χ1n) is 7.05. The first kappa shape index (κ1) is 14.3. The van der Waals surface area contributed by atoms with Gasteiger partial charge in [0.15, 0.2) is 9.84 Å². The van der Waals surface area contributed by atoms with Crippen LogP contribution >= 0.6 is 0 Å². The molecule has 0 unspecified atom stereocenters. The van der Waals surface area contributed by atoms with Crippen molar-refractivity contribution in [2.24, 2.45) is 0 Å². The van der Waals surface area contributed by atoms with Crippen molar-refractivity contribution in [3.8, 4) is 0 Å². The van der Waals surface area contributed by atoms with E-state index in [0.717, 1.165) is 24.6 Å². The monoisotopic (exact) mass is 308 g/mol. The molecule has 1 fully saturated rings. The van der Waals surface area contributed by atoms with Crippen LogP contribution in [0.1, 0.15) is 19.9 Å². The number of nitrogens with zero attached hydrogens (tertiary/aromatic N) is 2. The number of nitrogens with one attached hydrogen (secondary N) is 2. The summed E-state index contributed by atoms with van der Waals surface area (Å²) in [4.78, 5) is 4.90. The second-order valence-corrected chi connectivity index (χ2v) is 7.85. The number of aromatic nitrogens is 2. The van der Waals surface area contributed by atoms with Crippen LogP contribution in [0.2, 0.25) is 0 Å². The summed E-state index contributed by atoms with van der Waals surface area (Å²) in [7, 11) is -3.21. The third kappa shape index (κ3) is 2.63. The highest BCUT2D eigenvalue weighted by Crippen LogP contribution is 2.28. The summed E-state index contributed by atoms with van der Waals surface area (Å²) in [5, 5.41) is 6.60. The number of fused-ring (bicyclic) bond motifs is 1. The molecule has 2 N–H and O–H groups in total. The lowest BCUT2D eigenvalue weighted by Crippen LogP contribution is -2.43. The molecule has 3 rings (SSSR count). The average Bonchev–Trinajstić information content (AvgIpc) is 2.63. The van der Waals surface area contributed by atoms with Gasteiger partial charge in [0.1, 0.15) is 0 Å². The topological polar surface area (TPSA) is 76.0 Å². The summed E-state index contributed by atoms with van der Waals surface area (Å²) in [6.07, 6.45) is 1.22. The van der Waals surface area contributed by atoms with Crippen molar-refractivity contribution in [3.63, 3.8) is 0 Å². The minimum atomic E-state index is -3.21. The van der Waals surface area contributed by atoms with Crippen molar-refractivity contribution >= 4 is 26.8 Å². The van der Waals surface area contributed by atoms with Crippen molar-refractivity contribution in [1.29, 1.82) is 0 Å². The van der Waals surface area contributed by atoms with Gasteiger partial charge in [0.2, 0.25) is 5.95 Å². The van der Waals surface area contributed by atoms with Crippen LogP contribution in [-0.4, -0.2) is 43.4 Å². The lowest BCUT2D eigenvalue weighted by atomic mass is 10.1. The first-order chi connectivity index (χ1) is 9.86. The third-order valence-electron chi connectivity index (χ3n) is 3.63. The molecule has 0 bridgehead atoms. The Morgan fingerprint density at radius 1 is 1.38 bits per heavy atom. The fraction of sp³-hybridized carbons (Fsp3) is 0.500. The van der Waals surface area contributed by atoms with E-state index >= 15 is 0 Å². The summed E-state index contributed by atoms with van der Waals surface area (Å²) < 4.78 is 25.5. The molecule has 0 radical (unpaired) electrons. The number of hydrogen-bond acceptors (Lipinski definition) is 5. The van der Waals surface area contributed by atoms with Crippen LogP contribution in [0.5, 0.6) is 0 Å². The molecule has 1 aliphatic rings. The summed E-state index contributed by atoms with van der Waals surface area (Å²) >= 11 is 0. The van der Waals surface area contributed by atoms with Crippen molar-refractivity contribution < 1.29 is 8.42 Å². The van der Waals surface area contributed by atoms with Crippen LogP contribution in [0.15, 0.2) is 23.1 Å². The largest absolute Gasteiger partial charge is 0.353 e. The predicted molar refractivity (Wildman–Crippen MR) is 83.5 cm³/mol. The molecular weight excluding hydrogens is 288 g/mol. The molecule has 1 saturated heterocycles. The van der Waals surface area contributed by atoms with Crippen LogP contribution in [0.3, 0.4) is 0 Å². The zero-order valence-electron chi connectivity index (χ0n) is 12.4. The van der Waals surface area contributed by atoms with Crippen molar-refractivity contribution in [2.45, 2.75) is 30.8 Å². The van der Waals surface area contributed by atoms with Gasteiger partial charge in [0.25, 0.3) is 0 Å². The second kappa shape index (κ2) is 4.99. The van der Waals surface area contributed by atoms with Crippen LogP contribution in [0.25, 0.3) is 11.0 Å². The fourth-order valence-electron chi connectivity index (χ4n) is 2.49. The molecule has 0 spiro atoms. The summed E-state index contributed by atoms with van der Waals surface area (Å²) in [5.74, 6) is 0.803. The Morgan fingerprint density at radius 2 is 2.10 bits per heavy atom. The SMILES string of the molecule is CC(C)Nc1nc2cc(S(C)(=O)=O)ccc2n1C1CNC1. The van der Waals surface area contributed by atoms with E-state index in [1.54, 1.807) is 12.1 Å². The molecule has 6 nitrogen and oxygen atoms in total. The highest BCUT2D eigenvalue weighted by molar-refractivity contribution is 7.90. The van der Waals surface area contributed by atoms with E-state index in [1.165, 1.54) is 6.26 Å². The maximum Gasteiger partial charge on any atom is 0.204 e. The van der Waals surface area contributed by atoms with E-state index in [9.17, 15) is 8.42 Å². The van der Waals surface area contributed by atoms with Gasteiger partial charge in [0, 0.05) is 25.4 Å². The minimum absolute atomic E-state index is 0.267. The molecule has 0 atom stereocenters. The summed E-state index contributed by atoms with van der Waals surface area (Å²) in [6.45, 7) is 5.94. The molecule has 2 aromatic rings. The molecule has 0 aliphatic carbocycles. The van der Waals surface area contributed by atoms with Crippen molar-refractivity contribution in [1.82, 2.24) is 14.9 Å². The van der Waals surface area contributed by atoms with Crippen LogP contribution in [-0.2, 0) is 9.84 Å². The van der Waals surface area contributed by atoms with Gasteiger partial charge in [-0.25, -0.2) is 13.4 Å². The Morgan fingerprint density at radius 3 is 2.62 bits per heavy atom. The van der Waals surface area contributed by atoms with Gasteiger partial charge in [-0.2, -0.15) is 0 Å². The Hall–Kier alpha value is -1.60. The van der Waals surface area contributed by atoms with Gasteiger partial charge in [-0.05, 0) is 32.0 Å². The van der Waals surface area contributed by atoms with Crippen LogP contribution in [0, 0.1) is 0 Å². The van der Waals surface area contributed by atoms with Crippen LogP contribution in [0.4, 0.5) is 5.95 Å². The van der Waals surface area contributed by atoms with Gasteiger partial charge >= 0.3 is 0 Å². The predicted octanol–water partition coefficient (Wildman–Crippen LogP) is 1.40. The van der Waals surface area contributed by atoms with E-state index < -0.39 is 9.84 Å². The molecule has 1 aromatic carbocycles. The maximum absolute atomic E-state index is 11.7. The van der Waals surface area contributed by atoms with E-state index in [0.29, 0.717) is 16.5 Å². The Kier molecular flexibility index (Phi) is 3.41. The number of rotatable bonds is 4. The normalized spacial score (nSPS) is 16.4. The lowest BCUT2D eigenvalue weighted by molar-refractivity contribution is 0.353. The first-order valence-corrected chi connectivity index (χ1v) is 8.94. The minimum Gasteiger partial charge on any atom is -0.353 e. The number of hydrogen-bond donors (Lipinski definition) is 2. The molecule has 1 aromatic heterocycles. The number of anilines is 1. The highest BCUT2D eigenvalue weighted by Gasteiger charge is 2.25. The Bertz CT molecular complexity index is 776. The maximum atomic E-state index is 11.7. The van der Waals surface area contributed by atoms with E-state index in [-0.39, 0.29) is 6.04 Å². The Labute approximate surface area is 124 Å². The quantitative estimate of drug-likeness (QED) is 0.893. The van der Waals surface area contributed by atoms with E-state index in [1.807, 2.05) is 6.07 Å². The zero-order valence-corrected chi connectivity index (χ0v) is 13.2. The molecule has 0 amide bonds. The van der Waals surface area contributed by atoms with E-state index in [4.69, 9.17) is 0 Å². The van der Waals surface area contributed by atoms with Gasteiger partial charge in [-0.15, -0.1) is 0 Å². The fourth-order valence-corrected chi connectivity index (χ4v) is 3.14. The zero-order chi connectivity index (χ0) is 15.2. The summed E-state index contributed by atoms with van der Waals surface area (Å²) in [5.41, 5.74) is 1.69. The lowest BCUT2D eigenvalue weighted by Gasteiger charge is -2.30. The van der Waals surface area contributed by atoms with Gasteiger partial charge < -0.3 is 15.2 Å². The molecule has 2 heterocycles. The smallest absolute Gasteiger partial charge is 0.204 e. The second-order valence-electron chi connectivity index (χ2n) is 5.84. The molecular formula is C14H20N4O2S. The number of imidazole rings is 1. The van der Waals surface area contributed by atoms with Crippen molar-refractivity contribution in [2.75, 3.05) is 24.7 Å². The van der Waals surface area contributed by atoms with Crippen molar-refractivity contribution in [3.05, 3.63) is 18.2 Å². The highest BCUT2D eigenvalue weighted by atomic mass is 32.2. The molecule has 7 heteroatoms. The Balaban J connectivity index is 2.16. The third-order valence-corrected chi connectivity index (χ3v) is 4.74. The number of benzene rings is 1. The number of sulfone groups is 1. The van der Waals surface area contributed by atoms with Gasteiger partial charge in [-0.1, -0.05) is 0 Å². The molecule has 114 valence electrons. The molecule has 1 aliphatic heterocycles. The summed E-state index contributed by atoms with van der Waals surface area (Å²) in [6, 6.07) is 5.78. The standard InChI is InChI=1S/C14H20N4O2S/c1-9(2)16-14-17-12-6-11(21(3,19)20)4-5-13(12)18(14)10-7-15-8-10/h4-6,9-10,15H,7-8H2,1-3H3,(H,16,17). The molecule has 21 heavy (non-hydrogen) atoms.